The summed E-state index contributed by atoms with van der Waals surface area (Å²) in [6.07, 6.45) is 0.150. The van der Waals surface area contributed by atoms with Crippen molar-refractivity contribution in [2.45, 2.75) is 45.5 Å². The number of nitriles is 3. The number of hydrogen-bond acceptors (Lipinski definition) is 7. The molecule has 1 N–H and O–H groups in total. The van der Waals surface area contributed by atoms with E-state index >= 15 is 0 Å². The van der Waals surface area contributed by atoms with Gasteiger partial charge in [-0.15, -0.1) is 0 Å². The van der Waals surface area contributed by atoms with E-state index in [1.54, 1.807) is 31.2 Å². The Labute approximate surface area is 164 Å². The number of rotatable bonds is 5. The Bertz CT molecular complexity index is 894. The van der Waals surface area contributed by atoms with Gasteiger partial charge in [0.1, 0.15) is 11.9 Å². The number of ether oxygens (including phenoxy) is 3. The van der Waals surface area contributed by atoms with Crippen LogP contribution in [0.5, 0.6) is 5.75 Å². The van der Waals surface area contributed by atoms with Crippen molar-refractivity contribution in [3.63, 3.8) is 0 Å². The Hall–Kier alpha value is -3.08. The van der Waals surface area contributed by atoms with Crippen molar-refractivity contribution >= 4 is 5.90 Å². The summed E-state index contributed by atoms with van der Waals surface area (Å²) in [7, 11) is 0. The van der Waals surface area contributed by atoms with Crippen LogP contribution in [0.4, 0.5) is 0 Å². The molecule has 7 nitrogen and oxygen atoms in total. The topological polar surface area (TPSA) is 123 Å². The summed E-state index contributed by atoms with van der Waals surface area (Å²) in [6.45, 7) is 6.01. The average Bonchev–Trinajstić information content (AvgIpc) is 2.86. The summed E-state index contributed by atoms with van der Waals surface area (Å²) in [4.78, 5) is 0. The third-order valence-electron chi connectivity index (χ3n) is 5.79. The summed E-state index contributed by atoms with van der Waals surface area (Å²) in [5.41, 5.74) is -3.06. The van der Waals surface area contributed by atoms with Gasteiger partial charge in [0.2, 0.25) is 17.1 Å². The molecule has 0 radical (unpaired) electrons. The van der Waals surface area contributed by atoms with Gasteiger partial charge in [0.05, 0.1) is 30.7 Å². The predicted molar refractivity (Wildman–Crippen MR) is 98.8 cm³/mol. The summed E-state index contributed by atoms with van der Waals surface area (Å²) < 4.78 is 17.4. The molecular formula is C21H22N4O3. The number of benzene rings is 1. The number of hydrogen-bond donors (Lipinski definition) is 1. The van der Waals surface area contributed by atoms with Gasteiger partial charge in [-0.2, -0.15) is 15.8 Å². The molecule has 2 heterocycles. The zero-order valence-corrected chi connectivity index (χ0v) is 16.2. The normalized spacial score (nSPS) is 32.5. The van der Waals surface area contributed by atoms with Crippen LogP contribution in [0.25, 0.3) is 0 Å². The van der Waals surface area contributed by atoms with Gasteiger partial charge in [-0.05, 0) is 31.0 Å². The maximum atomic E-state index is 10.2. The molecule has 2 aliphatic rings. The SMILES string of the molecule is CCCC1C2(C)OC(=N)C1(C#N)C(C#N)(C#N)C(c1ccc(OCC)cc1)O2. The highest BCUT2D eigenvalue weighted by molar-refractivity contribution is 5.89. The van der Waals surface area contributed by atoms with Crippen LogP contribution < -0.4 is 4.74 Å². The molecule has 3 rings (SSSR count). The molecule has 2 fully saturated rings. The van der Waals surface area contributed by atoms with Crippen molar-refractivity contribution in [2.75, 3.05) is 6.61 Å². The molecule has 0 spiro atoms. The minimum atomic E-state index is -1.91. The molecule has 1 aromatic carbocycles. The van der Waals surface area contributed by atoms with Crippen molar-refractivity contribution in [2.24, 2.45) is 16.7 Å². The van der Waals surface area contributed by atoms with Crippen LogP contribution >= 0.6 is 0 Å². The van der Waals surface area contributed by atoms with Gasteiger partial charge in [-0.1, -0.05) is 25.5 Å². The lowest BCUT2D eigenvalue weighted by Gasteiger charge is -2.48. The summed E-state index contributed by atoms with van der Waals surface area (Å²) >= 11 is 0. The highest BCUT2D eigenvalue weighted by Crippen LogP contribution is 2.67. The molecule has 0 saturated carbocycles. The van der Waals surface area contributed by atoms with E-state index in [2.05, 4.69) is 18.2 Å². The summed E-state index contributed by atoms with van der Waals surface area (Å²) in [5, 5.41) is 38.9. The first-order valence-corrected chi connectivity index (χ1v) is 9.31. The first-order chi connectivity index (χ1) is 13.4. The largest absolute Gasteiger partial charge is 0.494 e. The third kappa shape index (κ3) is 2.32. The van der Waals surface area contributed by atoms with Crippen LogP contribution in [0.15, 0.2) is 24.3 Å². The van der Waals surface area contributed by atoms with Crippen molar-refractivity contribution in [1.29, 1.82) is 21.2 Å². The fourth-order valence-electron chi connectivity index (χ4n) is 4.52. The Morgan fingerprint density at radius 3 is 2.25 bits per heavy atom. The van der Waals surface area contributed by atoms with E-state index in [1.807, 2.05) is 13.8 Å². The van der Waals surface area contributed by atoms with Gasteiger partial charge in [0.15, 0.2) is 5.41 Å². The molecule has 4 unspecified atom stereocenters. The van der Waals surface area contributed by atoms with Gasteiger partial charge in [0.25, 0.3) is 0 Å². The molecule has 0 amide bonds. The Balaban J connectivity index is 2.21. The Morgan fingerprint density at radius 2 is 1.75 bits per heavy atom. The first-order valence-electron chi connectivity index (χ1n) is 9.31. The maximum Gasteiger partial charge on any atom is 0.214 e. The molecule has 4 atom stereocenters. The lowest BCUT2D eigenvalue weighted by Crippen LogP contribution is -2.58. The minimum absolute atomic E-state index is 0.368. The Morgan fingerprint density at radius 1 is 1.11 bits per heavy atom. The van der Waals surface area contributed by atoms with Crippen molar-refractivity contribution in [3.8, 4) is 24.0 Å². The number of nitrogens with one attached hydrogen (secondary N) is 1. The molecule has 144 valence electrons. The molecule has 2 saturated heterocycles. The zero-order chi connectivity index (χ0) is 20.6. The monoisotopic (exact) mass is 378 g/mol. The average molecular weight is 378 g/mol. The van der Waals surface area contributed by atoms with Crippen LogP contribution in [0, 0.1) is 56.2 Å². The highest BCUT2D eigenvalue weighted by Gasteiger charge is 2.78. The fraction of sp³-hybridized carbons (Fsp3) is 0.524. The second-order valence-electron chi connectivity index (χ2n) is 7.24. The van der Waals surface area contributed by atoms with Gasteiger partial charge in [-0.3, -0.25) is 5.41 Å². The molecule has 2 bridgehead atoms. The van der Waals surface area contributed by atoms with Gasteiger partial charge >= 0.3 is 0 Å². The lowest BCUT2D eigenvalue weighted by molar-refractivity contribution is -0.273. The minimum Gasteiger partial charge on any atom is -0.494 e. The van der Waals surface area contributed by atoms with E-state index in [0.29, 0.717) is 30.8 Å². The van der Waals surface area contributed by atoms with Crippen LogP contribution in [-0.4, -0.2) is 18.3 Å². The standard InChI is InChI=1S/C21H22N4O3/c1-4-6-16-19(3)27-17(14-7-9-15(10-8-14)26-5-2)20(11-22,12-23)21(16,13-24)18(25)28-19/h7-10,16-17,25H,4-6H2,1-3H3. The fourth-order valence-corrected chi connectivity index (χ4v) is 4.52. The van der Waals surface area contributed by atoms with Crippen LogP contribution in [0.3, 0.4) is 0 Å². The van der Waals surface area contributed by atoms with E-state index in [-0.39, 0.29) is 5.90 Å². The quantitative estimate of drug-likeness (QED) is 0.830. The molecule has 1 aromatic rings. The second-order valence-corrected chi connectivity index (χ2v) is 7.24. The maximum absolute atomic E-state index is 10.2. The van der Waals surface area contributed by atoms with Gasteiger partial charge in [-0.25, -0.2) is 0 Å². The van der Waals surface area contributed by atoms with Gasteiger partial charge in [0, 0.05) is 6.92 Å². The number of nitrogens with zero attached hydrogens (tertiary/aromatic N) is 3. The lowest BCUT2D eigenvalue weighted by atomic mass is 9.53. The molecular weight excluding hydrogens is 356 g/mol. The van der Waals surface area contributed by atoms with Crippen molar-refractivity contribution in [3.05, 3.63) is 29.8 Å². The Kier molecular flexibility index (Phi) is 4.79. The predicted octanol–water partition coefficient (Wildman–Crippen LogP) is 3.84. The van der Waals surface area contributed by atoms with Crippen LogP contribution in [-0.2, 0) is 9.47 Å². The van der Waals surface area contributed by atoms with E-state index in [4.69, 9.17) is 19.6 Å². The summed E-state index contributed by atoms with van der Waals surface area (Å²) in [5.74, 6) is -1.57. The van der Waals surface area contributed by atoms with E-state index in [1.165, 1.54) is 0 Å². The van der Waals surface area contributed by atoms with E-state index in [9.17, 15) is 15.8 Å². The molecule has 28 heavy (non-hydrogen) atoms. The molecule has 7 heteroatoms. The van der Waals surface area contributed by atoms with E-state index < -0.39 is 28.6 Å². The first kappa shape index (κ1) is 19.7. The summed E-state index contributed by atoms with van der Waals surface area (Å²) in [6, 6.07) is 13.1. The number of fused-ring (bicyclic) bond motifs is 2. The van der Waals surface area contributed by atoms with Crippen LogP contribution in [0.1, 0.15) is 45.3 Å². The highest BCUT2D eigenvalue weighted by atomic mass is 16.7. The zero-order valence-electron chi connectivity index (χ0n) is 16.2. The van der Waals surface area contributed by atoms with Gasteiger partial charge < -0.3 is 14.2 Å². The van der Waals surface area contributed by atoms with Crippen molar-refractivity contribution in [1.82, 2.24) is 0 Å². The van der Waals surface area contributed by atoms with Crippen LogP contribution in [0.2, 0.25) is 0 Å². The molecule has 0 aromatic heterocycles. The second kappa shape index (κ2) is 6.82. The van der Waals surface area contributed by atoms with E-state index in [0.717, 1.165) is 0 Å². The van der Waals surface area contributed by atoms with Crippen molar-refractivity contribution < 1.29 is 14.2 Å². The molecule has 0 aliphatic carbocycles. The smallest absolute Gasteiger partial charge is 0.214 e. The third-order valence-corrected chi connectivity index (χ3v) is 5.79. The molecule has 2 aliphatic heterocycles.